The van der Waals surface area contributed by atoms with Crippen LogP contribution in [0.1, 0.15) is 16.8 Å². The van der Waals surface area contributed by atoms with Crippen LogP contribution in [0.5, 0.6) is 0 Å². The number of fused-ring (bicyclic) bond motifs is 1. The zero-order chi connectivity index (χ0) is 21.2. The molecule has 0 spiro atoms. The van der Waals surface area contributed by atoms with Gasteiger partial charge in [-0.15, -0.1) is 0 Å². The number of nitrogens with one attached hydrogen (secondary N) is 3. The summed E-state index contributed by atoms with van der Waals surface area (Å²) >= 11 is 0. The van der Waals surface area contributed by atoms with Crippen LogP contribution in [0.3, 0.4) is 0 Å². The lowest BCUT2D eigenvalue weighted by Gasteiger charge is -2.30. The maximum atomic E-state index is 5.06. The van der Waals surface area contributed by atoms with E-state index in [-0.39, 0.29) is 0 Å². The van der Waals surface area contributed by atoms with Crippen molar-refractivity contribution in [1.29, 1.82) is 0 Å². The molecule has 7 heteroatoms. The zero-order valence-corrected chi connectivity index (χ0v) is 17.9. The van der Waals surface area contributed by atoms with Gasteiger partial charge in [0, 0.05) is 49.4 Å². The van der Waals surface area contributed by atoms with Crippen LogP contribution >= 0.6 is 0 Å². The molecular weight excluding hydrogens is 386 g/mol. The van der Waals surface area contributed by atoms with Crippen LogP contribution in [0, 0.1) is 13.8 Å². The third-order valence-corrected chi connectivity index (χ3v) is 5.92. The second-order valence-corrected chi connectivity index (χ2v) is 8.03. The van der Waals surface area contributed by atoms with Gasteiger partial charge < -0.3 is 15.5 Å². The number of aromatic amines is 1. The van der Waals surface area contributed by atoms with E-state index in [0.29, 0.717) is 0 Å². The zero-order valence-electron chi connectivity index (χ0n) is 17.9. The topological polar surface area (TPSA) is 81.8 Å². The van der Waals surface area contributed by atoms with Crippen molar-refractivity contribution in [2.24, 2.45) is 0 Å². The fourth-order valence-corrected chi connectivity index (χ4v) is 4.03. The lowest BCUT2D eigenvalue weighted by molar-refractivity contribution is 0.585. The third kappa shape index (κ3) is 3.96. The summed E-state index contributed by atoms with van der Waals surface area (Å²) in [6, 6.07) is 14.7. The molecule has 0 radical (unpaired) electrons. The lowest BCUT2D eigenvalue weighted by Crippen LogP contribution is -2.44. The summed E-state index contributed by atoms with van der Waals surface area (Å²) < 4.78 is 0. The quantitative estimate of drug-likeness (QED) is 0.463. The molecule has 0 aliphatic carbocycles. The summed E-state index contributed by atoms with van der Waals surface area (Å²) in [7, 11) is 0. The molecule has 31 heavy (non-hydrogen) atoms. The van der Waals surface area contributed by atoms with Crippen molar-refractivity contribution in [3.8, 4) is 11.3 Å². The SMILES string of the molecule is Cc1ccccc1CNc1ncc(-c2ccc3n[nH]c(C)c3c2)nc1N1CCNCC1. The van der Waals surface area contributed by atoms with Gasteiger partial charge in [0.1, 0.15) is 0 Å². The maximum absolute atomic E-state index is 5.06. The van der Waals surface area contributed by atoms with Crippen LogP contribution in [0.4, 0.5) is 11.6 Å². The minimum Gasteiger partial charge on any atom is -0.363 e. The molecule has 1 saturated heterocycles. The van der Waals surface area contributed by atoms with Crippen molar-refractivity contribution < 1.29 is 0 Å². The predicted molar refractivity (Wildman–Crippen MR) is 125 cm³/mol. The van der Waals surface area contributed by atoms with Crippen molar-refractivity contribution >= 4 is 22.5 Å². The van der Waals surface area contributed by atoms with Gasteiger partial charge in [0.25, 0.3) is 0 Å². The van der Waals surface area contributed by atoms with E-state index in [2.05, 4.69) is 69.1 Å². The molecule has 0 saturated carbocycles. The predicted octanol–water partition coefficient (Wildman–Crippen LogP) is 3.66. The van der Waals surface area contributed by atoms with Crippen molar-refractivity contribution in [2.45, 2.75) is 20.4 Å². The standard InChI is InChI=1S/C24H27N7/c1-16-5-3-4-6-19(16)14-26-23-24(31-11-9-25-10-12-31)28-22(15-27-23)18-7-8-21-20(13-18)17(2)29-30-21/h3-8,13,15,25H,9-12,14H2,1-2H3,(H,26,27)(H,29,30). The van der Waals surface area contributed by atoms with E-state index in [1.54, 1.807) is 0 Å². The first-order valence-corrected chi connectivity index (χ1v) is 10.8. The highest BCUT2D eigenvalue weighted by Crippen LogP contribution is 2.29. The molecule has 4 aromatic rings. The molecule has 0 atom stereocenters. The minimum absolute atomic E-state index is 0.722. The van der Waals surface area contributed by atoms with E-state index < -0.39 is 0 Å². The second-order valence-electron chi connectivity index (χ2n) is 8.03. The van der Waals surface area contributed by atoms with Crippen LogP contribution in [0.15, 0.2) is 48.7 Å². The monoisotopic (exact) mass is 413 g/mol. The number of anilines is 2. The Labute approximate surface area is 181 Å². The Morgan fingerprint density at radius 3 is 2.74 bits per heavy atom. The van der Waals surface area contributed by atoms with Crippen molar-refractivity contribution in [2.75, 3.05) is 36.4 Å². The molecule has 158 valence electrons. The summed E-state index contributed by atoms with van der Waals surface area (Å²) in [5.41, 5.74) is 6.48. The number of hydrogen-bond acceptors (Lipinski definition) is 6. The summed E-state index contributed by atoms with van der Waals surface area (Å²) in [5, 5.41) is 15.4. The minimum atomic E-state index is 0.722. The maximum Gasteiger partial charge on any atom is 0.172 e. The Morgan fingerprint density at radius 2 is 1.90 bits per heavy atom. The van der Waals surface area contributed by atoms with Gasteiger partial charge in [0.2, 0.25) is 0 Å². The van der Waals surface area contributed by atoms with Crippen molar-refractivity contribution in [3.05, 3.63) is 65.5 Å². The van der Waals surface area contributed by atoms with Crippen LogP contribution in [-0.4, -0.2) is 46.3 Å². The number of rotatable bonds is 5. The fraction of sp³-hybridized carbons (Fsp3) is 0.292. The van der Waals surface area contributed by atoms with Crippen LogP contribution < -0.4 is 15.5 Å². The summed E-state index contributed by atoms with van der Waals surface area (Å²) in [4.78, 5) is 12.2. The van der Waals surface area contributed by atoms with Crippen molar-refractivity contribution in [1.82, 2.24) is 25.5 Å². The molecule has 5 rings (SSSR count). The second kappa shape index (κ2) is 8.35. The van der Waals surface area contributed by atoms with Crippen molar-refractivity contribution in [3.63, 3.8) is 0 Å². The first-order valence-electron chi connectivity index (χ1n) is 10.8. The molecule has 0 amide bonds. The van der Waals surface area contributed by atoms with Gasteiger partial charge in [-0.3, -0.25) is 5.10 Å². The third-order valence-electron chi connectivity index (χ3n) is 5.92. The van der Waals surface area contributed by atoms with E-state index in [9.17, 15) is 0 Å². The average molecular weight is 414 g/mol. The van der Waals surface area contributed by atoms with Gasteiger partial charge >= 0.3 is 0 Å². The molecule has 1 fully saturated rings. The van der Waals surface area contributed by atoms with Crippen LogP contribution in [0.25, 0.3) is 22.2 Å². The summed E-state index contributed by atoms with van der Waals surface area (Å²) in [6.07, 6.45) is 1.86. The Kier molecular flexibility index (Phi) is 5.26. The summed E-state index contributed by atoms with van der Waals surface area (Å²) in [5.74, 6) is 1.74. The van der Waals surface area contributed by atoms with Gasteiger partial charge in [-0.05, 0) is 37.1 Å². The number of aryl methyl sites for hydroxylation is 2. The van der Waals surface area contributed by atoms with E-state index in [0.717, 1.165) is 72.2 Å². The van der Waals surface area contributed by atoms with Gasteiger partial charge in [-0.2, -0.15) is 5.10 Å². The Hall–Kier alpha value is -3.45. The molecule has 2 aromatic heterocycles. The first-order chi connectivity index (χ1) is 15.2. The largest absolute Gasteiger partial charge is 0.363 e. The van der Waals surface area contributed by atoms with Gasteiger partial charge in [0.15, 0.2) is 11.6 Å². The number of nitrogens with zero attached hydrogens (tertiary/aromatic N) is 4. The van der Waals surface area contributed by atoms with E-state index in [1.165, 1.54) is 11.1 Å². The number of benzene rings is 2. The van der Waals surface area contributed by atoms with Gasteiger partial charge in [0.05, 0.1) is 17.4 Å². The van der Waals surface area contributed by atoms with Crippen LogP contribution in [-0.2, 0) is 6.54 Å². The Bertz CT molecular complexity index is 1210. The molecule has 2 aromatic carbocycles. The highest BCUT2D eigenvalue weighted by molar-refractivity contribution is 5.86. The number of H-pyrrole nitrogens is 1. The Balaban J connectivity index is 1.50. The normalized spacial score (nSPS) is 14.2. The van der Waals surface area contributed by atoms with E-state index >= 15 is 0 Å². The van der Waals surface area contributed by atoms with Gasteiger partial charge in [-0.25, -0.2) is 9.97 Å². The fourth-order valence-electron chi connectivity index (χ4n) is 4.03. The number of hydrogen-bond donors (Lipinski definition) is 3. The molecule has 1 aliphatic heterocycles. The smallest absolute Gasteiger partial charge is 0.172 e. The highest BCUT2D eigenvalue weighted by Gasteiger charge is 2.18. The molecule has 0 unspecified atom stereocenters. The molecule has 1 aliphatic rings. The average Bonchev–Trinajstić information content (AvgIpc) is 3.19. The van der Waals surface area contributed by atoms with E-state index in [4.69, 9.17) is 9.97 Å². The van der Waals surface area contributed by atoms with E-state index in [1.807, 2.05) is 19.2 Å². The highest BCUT2D eigenvalue weighted by atomic mass is 15.3. The van der Waals surface area contributed by atoms with Gasteiger partial charge in [-0.1, -0.05) is 30.3 Å². The molecule has 0 bridgehead atoms. The van der Waals surface area contributed by atoms with Crippen LogP contribution in [0.2, 0.25) is 0 Å². The molecule has 3 N–H and O–H groups in total. The lowest BCUT2D eigenvalue weighted by atomic mass is 10.1. The Morgan fingerprint density at radius 1 is 1.06 bits per heavy atom. The molecular formula is C24H27N7. The number of piperazine rings is 1. The molecule has 7 nitrogen and oxygen atoms in total. The first kappa shape index (κ1) is 19.5. The summed E-state index contributed by atoms with van der Waals surface area (Å²) in [6.45, 7) is 8.62. The number of aromatic nitrogens is 4. The molecule has 3 heterocycles.